The summed E-state index contributed by atoms with van der Waals surface area (Å²) >= 11 is 2.70. The van der Waals surface area contributed by atoms with E-state index in [1.165, 1.54) is 86.0 Å². The highest BCUT2D eigenvalue weighted by Gasteiger charge is 2.50. The lowest BCUT2D eigenvalue weighted by Gasteiger charge is -2.37. The van der Waals surface area contributed by atoms with Crippen LogP contribution in [0.1, 0.15) is 79.0 Å². The molecule has 0 N–H and O–H groups in total. The van der Waals surface area contributed by atoms with Gasteiger partial charge in [0.25, 0.3) is 0 Å². The molecule has 2 fully saturated rings. The van der Waals surface area contributed by atoms with E-state index in [2.05, 4.69) is 226 Å². The van der Waals surface area contributed by atoms with Crippen molar-refractivity contribution < 1.29 is 14.2 Å². The summed E-state index contributed by atoms with van der Waals surface area (Å²) < 4.78 is 23.8. The van der Waals surface area contributed by atoms with Crippen LogP contribution in [0, 0.1) is 17.8 Å². The Balaban J connectivity index is 0.769. The number of aromatic nitrogens is 1. The van der Waals surface area contributed by atoms with Gasteiger partial charge in [0.2, 0.25) is 0 Å². The predicted molar refractivity (Wildman–Crippen MR) is 301 cm³/mol. The van der Waals surface area contributed by atoms with Gasteiger partial charge in [-0.2, -0.15) is 0 Å². The van der Waals surface area contributed by atoms with Crippen molar-refractivity contribution in [3.8, 4) is 11.4 Å². The molecule has 8 aliphatic rings. The molecule has 0 bridgehead atoms. The zero-order valence-electron chi connectivity index (χ0n) is 40.1. The monoisotopic (exact) mass is 1050 g/mol. The van der Waals surface area contributed by atoms with Crippen molar-refractivity contribution in [2.45, 2.75) is 79.0 Å². The Morgan fingerprint density at radius 2 is 1.44 bits per heavy atom. The molecular weight excluding hydrogens is 996 g/mol. The van der Waals surface area contributed by atoms with Crippen molar-refractivity contribution in [1.29, 1.82) is 0 Å². The van der Waals surface area contributed by atoms with Gasteiger partial charge in [0.1, 0.15) is 23.4 Å². The Morgan fingerprint density at radius 1 is 0.681 bits per heavy atom. The first-order valence-corrected chi connectivity index (χ1v) is 27.6. The lowest BCUT2D eigenvalue weighted by Crippen LogP contribution is -2.35. The first kappa shape index (κ1) is 43.0. The van der Waals surface area contributed by atoms with E-state index in [-0.39, 0.29) is 24.2 Å². The Morgan fingerprint density at radius 3 is 2.28 bits per heavy atom. The fourth-order valence-corrected chi connectivity index (χ4v) is 15.1. The van der Waals surface area contributed by atoms with Gasteiger partial charge in [-0.05, 0) is 127 Å². The van der Waals surface area contributed by atoms with Gasteiger partial charge in [-0.1, -0.05) is 156 Å². The molecule has 5 nitrogen and oxygen atoms in total. The summed E-state index contributed by atoms with van der Waals surface area (Å²) in [4.78, 5) is 2.43. The Kier molecular flexibility index (Phi) is 10.3. The zero-order valence-corrected chi connectivity index (χ0v) is 42.3. The molecule has 0 radical (unpaired) electrons. The van der Waals surface area contributed by atoms with E-state index in [0.29, 0.717) is 27.6 Å². The van der Waals surface area contributed by atoms with Crippen LogP contribution in [-0.4, -0.2) is 26.8 Å². The van der Waals surface area contributed by atoms with Crippen molar-refractivity contribution >= 4 is 72.6 Å². The highest BCUT2D eigenvalue weighted by atomic mass is 127. The molecule has 1 saturated carbocycles. The van der Waals surface area contributed by atoms with E-state index in [1.54, 1.807) is 0 Å². The van der Waals surface area contributed by atoms with Crippen molar-refractivity contribution in [2.75, 3.05) is 4.90 Å². The highest BCUT2D eigenvalue weighted by molar-refractivity contribution is 14.1. The predicted octanol–water partition coefficient (Wildman–Crippen LogP) is 16.7. The number of halogens is 1. The number of rotatable bonds is 7. The largest absolute Gasteiger partial charge is 0.484 e. The van der Waals surface area contributed by atoms with Gasteiger partial charge in [0.15, 0.2) is 0 Å². The molecular formula is C66H55IN2O3. The maximum absolute atomic E-state index is 7.22. The number of anilines is 3. The van der Waals surface area contributed by atoms with Gasteiger partial charge in [0.05, 0.1) is 28.6 Å². The first-order valence-electron chi connectivity index (χ1n) is 26.3. The normalized spacial score (nSPS) is 27.5. The molecule has 72 heavy (non-hydrogen) atoms. The molecule has 1 aromatic heterocycles. The van der Waals surface area contributed by atoms with Crippen LogP contribution in [0.2, 0.25) is 0 Å². The Labute approximate surface area is 435 Å². The van der Waals surface area contributed by atoms with E-state index in [4.69, 9.17) is 14.2 Å². The van der Waals surface area contributed by atoms with Gasteiger partial charge >= 0.3 is 0 Å². The van der Waals surface area contributed by atoms with E-state index in [0.717, 1.165) is 59.7 Å². The number of allylic oxidation sites excluding steroid dienone is 9. The van der Waals surface area contributed by atoms with E-state index in [9.17, 15) is 0 Å². The number of nitrogens with zero attached hydrogens (tertiary/aromatic N) is 2. The number of hydrogen-bond donors (Lipinski definition) is 0. The van der Waals surface area contributed by atoms with E-state index in [1.807, 2.05) is 0 Å². The second-order valence-electron chi connectivity index (χ2n) is 21.1. The third-order valence-corrected chi connectivity index (χ3v) is 18.3. The second kappa shape index (κ2) is 17.3. The number of benzene rings is 6. The van der Waals surface area contributed by atoms with Crippen LogP contribution in [0.5, 0.6) is 5.75 Å². The van der Waals surface area contributed by atoms with Crippen LogP contribution < -0.4 is 9.64 Å². The van der Waals surface area contributed by atoms with Crippen molar-refractivity contribution in [1.82, 2.24) is 4.57 Å². The minimum atomic E-state index is -0.131. The Bertz CT molecular complexity index is 3540. The van der Waals surface area contributed by atoms with Gasteiger partial charge < -0.3 is 23.7 Å². The molecule has 9 atom stereocenters. The third-order valence-electron chi connectivity index (χ3n) is 17.3. The molecule has 354 valence electrons. The summed E-state index contributed by atoms with van der Waals surface area (Å²) in [6.07, 6.45) is 28.6. The van der Waals surface area contributed by atoms with Gasteiger partial charge in [-0.25, -0.2) is 0 Å². The standard InChI is InChI=1S/C66H55IN2O3/c67-43-38-56(65-57(39-43)51-15-6-9-23-61(51)71-65)42-28-34-47(35-29-42)68(45-30-24-40(25-31-45)48-17-10-19-52-50-14-5-8-22-60(50)70-63(48)52)46-32-26-41(27-33-46)49-18-11-20-53-54-36-37-59-62(66(54)72-64(49)53)55-16-4-7-21-58(55)69(59)44-12-2-1-3-13-44/h1-7,9,11-16,18,20-21,23-37,43,51-53,56-57,61,64-65H,8,10,17,19,22,38-39H2. The minimum Gasteiger partial charge on any atom is -0.484 e. The van der Waals surface area contributed by atoms with Crippen LogP contribution in [0.25, 0.3) is 38.6 Å². The molecule has 4 heterocycles. The highest BCUT2D eigenvalue weighted by Crippen LogP contribution is 2.54. The van der Waals surface area contributed by atoms with Gasteiger partial charge in [-0.15, -0.1) is 0 Å². The third kappa shape index (κ3) is 6.88. The SMILES string of the molecule is IC1CC(c2ccc(N(c3ccc(C4=CC=CC5c6ccc7c(c6OC45)c4ccccc4n7-c4ccccc4)cc3)c3ccc(C4=C5OC6=C(C=CCC6)C5CCC4)cc3)cc2)C2OC3C=CC=CC3C2C1. The topological polar surface area (TPSA) is 35.9 Å². The fraction of sp³-hybridized carbons (Fsp3) is 0.242. The van der Waals surface area contributed by atoms with Crippen LogP contribution in [0.15, 0.2) is 211 Å². The van der Waals surface area contributed by atoms with E-state index >= 15 is 0 Å². The summed E-state index contributed by atoms with van der Waals surface area (Å²) in [5, 5.41) is 2.39. The lowest BCUT2D eigenvalue weighted by molar-refractivity contribution is 0.0238. The smallest absolute Gasteiger partial charge is 0.135 e. The molecule has 7 aromatic rings. The number of hydrogen-bond acceptors (Lipinski definition) is 4. The molecule has 0 spiro atoms. The van der Waals surface area contributed by atoms with Gasteiger partial charge in [-0.3, -0.25) is 0 Å². The van der Waals surface area contributed by atoms with Crippen molar-refractivity contribution in [2.24, 2.45) is 17.8 Å². The summed E-state index contributed by atoms with van der Waals surface area (Å²) in [6, 6.07) is 52.0. The summed E-state index contributed by atoms with van der Waals surface area (Å²) in [5.41, 5.74) is 15.9. The molecule has 6 heteroatoms. The second-order valence-corrected chi connectivity index (χ2v) is 22.9. The molecule has 6 aromatic carbocycles. The van der Waals surface area contributed by atoms with Crippen LogP contribution in [-0.2, 0) is 9.47 Å². The first-order chi connectivity index (χ1) is 35.6. The fourth-order valence-electron chi connectivity index (χ4n) is 14.0. The summed E-state index contributed by atoms with van der Waals surface area (Å²) in [6.45, 7) is 0. The molecule has 0 amide bonds. The number of fused-ring (bicyclic) bond motifs is 12. The molecule has 3 aliphatic heterocycles. The molecule has 15 rings (SSSR count). The number of para-hydroxylation sites is 2. The van der Waals surface area contributed by atoms with Crippen LogP contribution >= 0.6 is 22.6 Å². The van der Waals surface area contributed by atoms with Gasteiger partial charge in [0, 0.05) is 78.9 Å². The van der Waals surface area contributed by atoms with E-state index < -0.39 is 0 Å². The lowest BCUT2D eigenvalue weighted by atomic mass is 9.71. The molecule has 1 saturated heterocycles. The zero-order chi connectivity index (χ0) is 47.4. The van der Waals surface area contributed by atoms with Crippen molar-refractivity contribution in [3.63, 3.8) is 0 Å². The number of ether oxygens (including phenoxy) is 3. The van der Waals surface area contributed by atoms with Crippen molar-refractivity contribution in [3.05, 3.63) is 234 Å². The molecule has 9 unspecified atom stereocenters. The summed E-state index contributed by atoms with van der Waals surface area (Å²) in [5.74, 6) is 5.27. The number of alkyl halides is 1. The maximum atomic E-state index is 7.22. The average Bonchev–Trinajstić information content (AvgIpc) is 4.21. The quantitative estimate of drug-likeness (QED) is 0.118. The maximum Gasteiger partial charge on any atom is 0.135 e. The average molecular weight is 1050 g/mol. The Hall–Kier alpha value is -6.61. The van der Waals surface area contributed by atoms with Crippen LogP contribution in [0.4, 0.5) is 17.1 Å². The summed E-state index contributed by atoms with van der Waals surface area (Å²) in [7, 11) is 0. The molecule has 5 aliphatic carbocycles. The van der Waals surface area contributed by atoms with Crippen LogP contribution in [0.3, 0.4) is 0 Å². The minimum absolute atomic E-state index is 0.118.